The van der Waals surface area contributed by atoms with Crippen molar-refractivity contribution in [1.82, 2.24) is 24.8 Å². The molecule has 3 heterocycles. The Bertz CT molecular complexity index is 1880. The number of aromatic nitrogens is 3. The molecule has 1 saturated heterocycles. The lowest BCUT2D eigenvalue weighted by atomic mass is 9.45. The fraction of sp³-hybridized carbons (Fsp3) is 0.500. The molecule has 4 aliphatic rings. The maximum Gasteiger partial charge on any atom is 0.261 e. The Hall–Kier alpha value is -3.27. The highest BCUT2D eigenvalue weighted by Crippen LogP contribution is 2.61. The number of halogens is 2. The van der Waals surface area contributed by atoms with Crippen LogP contribution in [0.1, 0.15) is 39.2 Å². The fourth-order valence-electron chi connectivity index (χ4n) is 8.03. The van der Waals surface area contributed by atoms with Crippen molar-refractivity contribution in [3.05, 3.63) is 69.7 Å². The molecule has 2 aromatic heterocycles. The van der Waals surface area contributed by atoms with Gasteiger partial charge >= 0.3 is 0 Å². The number of hydrogen-bond donors (Lipinski definition) is 2. The minimum absolute atomic E-state index is 0.189. The van der Waals surface area contributed by atoms with Crippen molar-refractivity contribution in [1.29, 1.82) is 0 Å². The summed E-state index contributed by atoms with van der Waals surface area (Å²) in [4.78, 5) is 30.9. The summed E-state index contributed by atoms with van der Waals surface area (Å²) < 4.78 is 30.3. The molecule has 0 amide bonds. The number of benzene rings is 2. The molecule has 2 N–H and O–H groups in total. The molecule has 254 valence electrons. The summed E-state index contributed by atoms with van der Waals surface area (Å²) in [5.41, 5.74) is 2.04. The summed E-state index contributed by atoms with van der Waals surface area (Å²) in [7, 11) is 0.517. The number of rotatable bonds is 8. The third-order valence-corrected chi connectivity index (χ3v) is 12.8. The molecular weight excluding hydrogens is 647 g/mol. The first kappa shape index (κ1) is 33.2. The summed E-state index contributed by atoms with van der Waals surface area (Å²) in [5.74, 6) is 2.73. The minimum Gasteiger partial charge on any atom is -0.340 e. The molecule has 2 aromatic carbocycles. The van der Waals surface area contributed by atoms with E-state index >= 15 is 0 Å². The van der Waals surface area contributed by atoms with Crippen molar-refractivity contribution in [2.45, 2.75) is 58.7 Å². The standard InChI is InChI=1S/C36H44F2N7OPS/c1-21-28-15-23(36(28,2)3)16-30(21)43-35(44-13-10-39-25(19-37)20-44)41-24-6-8-27-31(17-24)42-32(33-40-11-14-48-33)45(34(27)46)12-9-22-5-7-26(47-4)18-29(22)38/h5-8,11,14,17-18,21,23,25,28,30,39,47H,9-10,12-13,15-16,19-20H2,1-4H3,(H,41,43)/t21-,23+,25-,28-,30?/m0/s1. The number of nitrogens with one attached hydrogen (secondary N) is 2. The molecule has 8 nitrogen and oxygen atoms in total. The maximum absolute atomic E-state index is 14.9. The van der Waals surface area contributed by atoms with Gasteiger partial charge < -0.3 is 15.5 Å². The lowest BCUT2D eigenvalue weighted by molar-refractivity contribution is -0.108. The van der Waals surface area contributed by atoms with Crippen LogP contribution in [0, 0.1) is 29.0 Å². The number of hydrogen-bond acceptors (Lipinski definition) is 6. The Morgan fingerprint density at radius 3 is 2.79 bits per heavy atom. The van der Waals surface area contributed by atoms with Gasteiger partial charge in [-0.2, -0.15) is 0 Å². The van der Waals surface area contributed by atoms with E-state index in [9.17, 15) is 13.6 Å². The summed E-state index contributed by atoms with van der Waals surface area (Å²) in [6.07, 6.45) is 4.38. The molecular formula is C36H44F2N7OPS. The third-order valence-electron chi connectivity index (χ3n) is 11.1. The summed E-state index contributed by atoms with van der Waals surface area (Å²) in [5, 5.41) is 10.8. The predicted octanol–water partition coefficient (Wildman–Crippen LogP) is 5.92. The topological polar surface area (TPSA) is 87.4 Å². The number of aliphatic imine (C=N–C) groups is 1. The Morgan fingerprint density at radius 2 is 2.08 bits per heavy atom. The molecule has 1 aliphatic heterocycles. The zero-order chi connectivity index (χ0) is 33.6. The largest absolute Gasteiger partial charge is 0.340 e. The first-order valence-electron chi connectivity index (χ1n) is 17.0. The Morgan fingerprint density at radius 1 is 1.23 bits per heavy atom. The van der Waals surface area contributed by atoms with Gasteiger partial charge in [0.25, 0.3) is 5.56 Å². The Labute approximate surface area is 286 Å². The van der Waals surface area contributed by atoms with Gasteiger partial charge in [-0.1, -0.05) is 41.5 Å². The van der Waals surface area contributed by atoms with Crippen LogP contribution in [0.2, 0.25) is 0 Å². The SMILES string of the molecule is CPc1ccc(CCn2c(-c3nccs3)nc3cc(NC(=NC4C[C@H]5C[C@@H]([C@@H]4C)C5(C)C)N4CCN[C@@H](CF)C4)ccc3c2=O)c(F)c1. The van der Waals surface area contributed by atoms with E-state index in [1.54, 1.807) is 22.9 Å². The number of guanidine groups is 1. The van der Waals surface area contributed by atoms with Crippen molar-refractivity contribution in [3.8, 4) is 10.8 Å². The van der Waals surface area contributed by atoms with E-state index < -0.39 is 6.67 Å². The van der Waals surface area contributed by atoms with Gasteiger partial charge in [0.2, 0.25) is 0 Å². The van der Waals surface area contributed by atoms with Crippen LogP contribution in [0.4, 0.5) is 14.5 Å². The molecule has 4 fully saturated rings. The second-order valence-corrected chi connectivity index (χ2v) is 16.1. The highest BCUT2D eigenvalue weighted by molar-refractivity contribution is 7.46. The number of alkyl halides is 1. The first-order valence-corrected chi connectivity index (χ1v) is 19.3. The number of piperazine rings is 1. The molecule has 6 atom stereocenters. The molecule has 12 heteroatoms. The summed E-state index contributed by atoms with van der Waals surface area (Å²) in [6, 6.07) is 10.9. The lowest BCUT2D eigenvalue weighted by Crippen LogP contribution is -2.58. The predicted molar refractivity (Wildman–Crippen MR) is 194 cm³/mol. The normalized spacial score (nSPS) is 25.5. The number of thiazole rings is 1. The van der Waals surface area contributed by atoms with E-state index in [4.69, 9.17) is 9.98 Å². The van der Waals surface area contributed by atoms with Crippen molar-refractivity contribution >= 4 is 47.8 Å². The number of fused-ring (bicyclic) bond motifs is 3. The van der Waals surface area contributed by atoms with E-state index in [2.05, 4.69) is 41.3 Å². The number of anilines is 1. The van der Waals surface area contributed by atoms with Gasteiger partial charge in [0.1, 0.15) is 12.5 Å². The van der Waals surface area contributed by atoms with Crippen LogP contribution in [0.25, 0.3) is 21.7 Å². The van der Waals surface area contributed by atoms with E-state index in [-0.39, 0.29) is 30.0 Å². The second kappa shape index (κ2) is 13.6. The molecule has 3 saturated carbocycles. The van der Waals surface area contributed by atoms with Crippen LogP contribution in [0.15, 0.2) is 57.8 Å². The minimum atomic E-state index is -0.440. The highest BCUT2D eigenvalue weighted by atomic mass is 32.1. The molecule has 4 aromatic rings. The van der Waals surface area contributed by atoms with Gasteiger partial charge in [0.15, 0.2) is 16.8 Å². The Kier molecular flexibility index (Phi) is 9.39. The molecule has 0 spiro atoms. The van der Waals surface area contributed by atoms with Gasteiger partial charge in [0.05, 0.1) is 23.0 Å². The van der Waals surface area contributed by atoms with E-state index in [1.807, 2.05) is 36.3 Å². The van der Waals surface area contributed by atoms with E-state index in [0.717, 1.165) is 23.4 Å². The van der Waals surface area contributed by atoms with Gasteiger partial charge in [-0.05, 0) is 84.2 Å². The zero-order valence-corrected chi connectivity index (χ0v) is 29.8. The second-order valence-electron chi connectivity index (χ2n) is 14.1. The molecule has 48 heavy (non-hydrogen) atoms. The third kappa shape index (κ3) is 6.29. The van der Waals surface area contributed by atoms with E-state index in [1.165, 1.54) is 17.8 Å². The van der Waals surface area contributed by atoms with Gasteiger partial charge in [0, 0.05) is 43.4 Å². The van der Waals surface area contributed by atoms with E-state index in [0.29, 0.717) is 85.1 Å². The highest BCUT2D eigenvalue weighted by Gasteiger charge is 2.56. The maximum atomic E-state index is 14.9. The van der Waals surface area contributed by atoms with Gasteiger partial charge in [-0.3, -0.25) is 9.36 Å². The number of aryl methyl sites for hydroxylation is 1. The Balaban J connectivity index is 1.22. The molecule has 2 unspecified atom stereocenters. The van der Waals surface area contributed by atoms with Crippen LogP contribution in [-0.4, -0.2) is 70.5 Å². The van der Waals surface area contributed by atoms with Crippen molar-refractivity contribution in [2.75, 3.05) is 38.3 Å². The monoisotopic (exact) mass is 691 g/mol. The van der Waals surface area contributed by atoms with Gasteiger partial charge in [-0.25, -0.2) is 23.7 Å². The van der Waals surface area contributed by atoms with Crippen LogP contribution in [0.3, 0.4) is 0 Å². The van der Waals surface area contributed by atoms with Crippen molar-refractivity contribution in [3.63, 3.8) is 0 Å². The van der Waals surface area contributed by atoms with Crippen LogP contribution >= 0.6 is 19.9 Å². The lowest BCUT2D eigenvalue weighted by Gasteiger charge is -2.61. The van der Waals surface area contributed by atoms with Crippen molar-refractivity contribution < 1.29 is 8.78 Å². The average molecular weight is 692 g/mol. The molecule has 8 rings (SSSR count). The number of nitrogens with zero attached hydrogens (tertiary/aromatic N) is 5. The fourth-order valence-corrected chi connectivity index (χ4v) is 9.19. The van der Waals surface area contributed by atoms with Crippen LogP contribution < -0.4 is 21.5 Å². The molecule has 2 bridgehead atoms. The van der Waals surface area contributed by atoms with Crippen LogP contribution in [0.5, 0.6) is 0 Å². The van der Waals surface area contributed by atoms with Crippen LogP contribution in [-0.2, 0) is 13.0 Å². The molecule has 0 radical (unpaired) electrons. The molecule has 3 aliphatic carbocycles. The quantitative estimate of drug-likeness (QED) is 0.136. The first-order chi connectivity index (χ1) is 23.2. The summed E-state index contributed by atoms with van der Waals surface area (Å²) in [6.45, 7) is 10.9. The average Bonchev–Trinajstić information content (AvgIpc) is 3.63. The van der Waals surface area contributed by atoms with Gasteiger partial charge in [-0.15, -0.1) is 11.3 Å². The summed E-state index contributed by atoms with van der Waals surface area (Å²) >= 11 is 1.41. The zero-order valence-electron chi connectivity index (χ0n) is 28.0. The van der Waals surface area contributed by atoms with Crippen molar-refractivity contribution in [2.24, 2.45) is 28.2 Å². The smallest absolute Gasteiger partial charge is 0.261 e.